The van der Waals surface area contributed by atoms with Crippen LogP contribution in [0.5, 0.6) is 11.5 Å². The summed E-state index contributed by atoms with van der Waals surface area (Å²) in [5, 5.41) is 16.8. The Morgan fingerprint density at radius 1 is 1.14 bits per heavy atom. The van der Waals surface area contributed by atoms with E-state index in [4.69, 9.17) is 9.47 Å². The summed E-state index contributed by atoms with van der Waals surface area (Å²) < 4.78 is 23.8. The standard InChI is InChI=1S/C27H29FN4O4/c1-35-25-7-4-17(12-24(25)33)26-30-20(13-23(32-26)27(34)31-19-8-10-36-11-9-19)15-29-22-14-21(22)16-2-5-18(28)6-3-16/h2-7,12-13,19,21-22,29,33H,8-11,14-15H2,1H3,(H,31,34)/t21-,22+/m0/s1. The van der Waals surface area contributed by atoms with Crippen LogP contribution in [0.2, 0.25) is 0 Å². The number of halogens is 1. The second-order valence-electron chi connectivity index (χ2n) is 9.20. The molecule has 1 aliphatic carbocycles. The first kappa shape index (κ1) is 24.1. The van der Waals surface area contributed by atoms with E-state index in [1.807, 2.05) is 12.1 Å². The number of hydrogen-bond acceptors (Lipinski definition) is 7. The van der Waals surface area contributed by atoms with Crippen LogP contribution in [0.15, 0.2) is 48.5 Å². The van der Waals surface area contributed by atoms with Gasteiger partial charge < -0.3 is 25.2 Å². The Morgan fingerprint density at radius 3 is 2.64 bits per heavy atom. The van der Waals surface area contributed by atoms with Crippen molar-refractivity contribution in [2.24, 2.45) is 0 Å². The van der Waals surface area contributed by atoms with Crippen molar-refractivity contribution in [3.63, 3.8) is 0 Å². The zero-order chi connectivity index (χ0) is 25.1. The molecule has 5 rings (SSSR count). The van der Waals surface area contributed by atoms with Gasteiger partial charge in [-0.1, -0.05) is 12.1 Å². The zero-order valence-corrected chi connectivity index (χ0v) is 20.0. The number of phenols is 1. The van der Waals surface area contributed by atoms with E-state index in [2.05, 4.69) is 20.6 Å². The lowest BCUT2D eigenvalue weighted by Crippen LogP contribution is -2.39. The maximum absolute atomic E-state index is 13.2. The van der Waals surface area contributed by atoms with Crippen LogP contribution in [0, 0.1) is 5.82 Å². The van der Waals surface area contributed by atoms with Gasteiger partial charge in [-0.2, -0.15) is 0 Å². The number of phenolic OH excluding ortho intramolecular Hbond substituents is 1. The van der Waals surface area contributed by atoms with Gasteiger partial charge in [-0.3, -0.25) is 4.79 Å². The number of amides is 1. The molecule has 3 N–H and O–H groups in total. The minimum absolute atomic E-state index is 0.0320. The second-order valence-corrected chi connectivity index (χ2v) is 9.20. The molecule has 1 aliphatic heterocycles. The van der Waals surface area contributed by atoms with Crippen LogP contribution in [0.4, 0.5) is 4.39 Å². The fourth-order valence-electron chi connectivity index (χ4n) is 4.50. The van der Waals surface area contributed by atoms with Gasteiger partial charge >= 0.3 is 0 Å². The van der Waals surface area contributed by atoms with Crippen molar-refractivity contribution in [2.75, 3.05) is 20.3 Å². The van der Waals surface area contributed by atoms with Crippen molar-refractivity contribution >= 4 is 5.91 Å². The lowest BCUT2D eigenvalue weighted by molar-refractivity contribution is 0.0694. The fourth-order valence-corrected chi connectivity index (χ4v) is 4.50. The Morgan fingerprint density at radius 2 is 1.92 bits per heavy atom. The Kier molecular flexibility index (Phi) is 7.11. The molecule has 2 aromatic carbocycles. The molecule has 3 aromatic rings. The summed E-state index contributed by atoms with van der Waals surface area (Å²) >= 11 is 0. The first-order valence-corrected chi connectivity index (χ1v) is 12.1. The number of carbonyl (C=O) groups excluding carboxylic acids is 1. The molecule has 188 valence electrons. The van der Waals surface area contributed by atoms with E-state index in [1.54, 1.807) is 18.2 Å². The number of benzene rings is 2. The number of aromatic nitrogens is 2. The van der Waals surface area contributed by atoms with Gasteiger partial charge in [-0.25, -0.2) is 14.4 Å². The summed E-state index contributed by atoms with van der Waals surface area (Å²) in [4.78, 5) is 22.2. The normalized spacial score (nSPS) is 19.6. The highest BCUT2D eigenvalue weighted by atomic mass is 19.1. The third kappa shape index (κ3) is 5.63. The number of ether oxygens (including phenoxy) is 2. The number of rotatable bonds is 8. The van der Waals surface area contributed by atoms with Crippen LogP contribution in [-0.2, 0) is 11.3 Å². The van der Waals surface area contributed by atoms with Gasteiger partial charge in [0, 0.05) is 43.3 Å². The van der Waals surface area contributed by atoms with Gasteiger partial charge in [0.15, 0.2) is 17.3 Å². The highest BCUT2D eigenvalue weighted by Crippen LogP contribution is 2.41. The van der Waals surface area contributed by atoms with Crippen LogP contribution in [0.1, 0.15) is 46.9 Å². The Bertz CT molecular complexity index is 1230. The molecule has 2 heterocycles. The topological polar surface area (TPSA) is 106 Å². The Hall–Kier alpha value is -3.56. The second kappa shape index (κ2) is 10.6. The smallest absolute Gasteiger partial charge is 0.270 e. The summed E-state index contributed by atoms with van der Waals surface area (Å²) in [6, 6.07) is 13.5. The molecule has 36 heavy (non-hydrogen) atoms. The third-order valence-corrected chi connectivity index (χ3v) is 6.64. The highest BCUT2D eigenvalue weighted by Gasteiger charge is 2.37. The number of methoxy groups -OCH3 is 1. The van der Waals surface area contributed by atoms with Gasteiger partial charge in [-0.15, -0.1) is 0 Å². The molecule has 2 fully saturated rings. The zero-order valence-electron chi connectivity index (χ0n) is 20.0. The predicted molar refractivity (Wildman–Crippen MR) is 131 cm³/mol. The number of aromatic hydroxyl groups is 1. The minimum atomic E-state index is -0.264. The number of nitrogens with one attached hydrogen (secondary N) is 2. The summed E-state index contributed by atoms with van der Waals surface area (Å²) in [5.74, 6) is 0.468. The quantitative estimate of drug-likeness (QED) is 0.442. The molecule has 1 aromatic heterocycles. The van der Waals surface area contributed by atoms with Crippen LogP contribution in [0.25, 0.3) is 11.4 Å². The SMILES string of the molecule is COc1ccc(-c2nc(CN[C@@H]3C[C@H]3c3ccc(F)cc3)cc(C(=O)NC3CCOCC3)n2)cc1O. The predicted octanol–water partition coefficient (Wildman–Crippen LogP) is 3.55. The third-order valence-electron chi connectivity index (χ3n) is 6.64. The largest absolute Gasteiger partial charge is 0.504 e. The molecule has 1 amide bonds. The lowest BCUT2D eigenvalue weighted by Gasteiger charge is -2.23. The molecule has 1 saturated carbocycles. The first-order chi connectivity index (χ1) is 17.5. The molecule has 0 spiro atoms. The molecule has 2 atom stereocenters. The maximum atomic E-state index is 13.2. The lowest BCUT2D eigenvalue weighted by atomic mass is 10.1. The molecule has 8 nitrogen and oxygen atoms in total. The molecule has 0 radical (unpaired) electrons. The summed E-state index contributed by atoms with van der Waals surface area (Å²) in [7, 11) is 1.48. The van der Waals surface area contributed by atoms with Crippen molar-refractivity contribution in [2.45, 2.75) is 43.8 Å². The number of carbonyl (C=O) groups is 1. The number of nitrogens with zero attached hydrogens (tertiary/aromatic N) is 2. The van der Waals surface area contributed by atoms with E-state index < -0.39 is 0 Å². The van der Waals surface area contributed by atoms with Crippen LogP contribution in [-0.4, -0.2) is 53.4 Å². The first-order valence-electron chi connectivity index (χ1n) is 12.1. The molecule has 2 aliphatic rings. The van der Waals surface area contributed by atoms with Gasteiger partial charge in [0.2, 0.25) is 0 Å². The van der Waals surface area contributed by atoms with Crippen molar-refractivity contribution in [3.05, 3.63) is 71.3 Å². The molecule has 1 saturated heterocycles. The van der Waals surface area contributed by atoms with E-state index in [9.17, 15) is 14.3 Å². The fraction of sp³-hybridized carbons (Fsp3) is 0.370. The Labute approximate surface area is 208 Å². The molecular formula is C27H29FN4O4. The molecule has 9 heteroatoms. The van der Waals surface area contributed by atoms with Crippen LogP contribution in [0.3, 0.4) is 0 Å². The van der Waals surface area contributed by atoms with Gasteiger partial charge in [0.25, 0.3) is 5.91 Å². The monoisotopic (exact) mass is 492 g/mol. The average molecular weight is 493 g/mol. The van der Waals surface area contributed by atoms with E-state index in [-0.39, 0.29) is 35.3 Å². The maximum Gasteiger partial charge on any atom is 0.270 e. The number of hydrogen-bond donors (Lipinski definition) is 3. The minimum Gasteiger partial charge on any atom is -0.504 e. The average Bonchev–Trinajstić information content (AvgIpc) is 3.68. The van der Waals surface area contributed by atoms with E-state index in [1.165, 1.54) is 25.3 Å². The highest BCUT2D eigenvalue weighted by molar-refractivity contribution is 5.93. The van der Waals surface area contributed by atoms with Crippen molar-refractivity contribution < 1.29 is 23.8 Å². The van der Waals surface area contributed by atoms with Gasteiger partial charge in [0.1, 0.15) is 11.5 Å². The van der Waals surface area contributed by atoms with Crippen molar-refractivity contribution in [3.8, 4) is 22.9 Å². The van der Waals surface area contributed by atoms with Crippen LogP contribution >= 0.6 is 0 Å². The molecule has 0 bridgehead atoms. The van der Waals surface area contributed by atoms with Gasteiger partial charge in [-0.05, 0) is 61.2 Å². The van der Waals surface area contributed by atoms with Crippen molar-refractivity contribution in [1.82, 2.24) is 20.6 Å². The summed E-state index contributed by atoms with van der Waals surface area (Å²) in [6.07, 6.45) is 2.47. The van der Waals surface area contributed by atoms with Crippen LogP contribution < -0.4 is 15.4 Å². The molecule has 0 unspecified atom stereocenters. The summed E-state index contributed by atoms with van der Waals surface area (Å²) in [6.45, 7) is 1.69. The van der Waals surface area contributed by atoms with E-state index in [0.29, 0.717) is 48.5 Å². The van der Waals surface area contributed by atoms with E-state index in [0.717, 1.165) is 24.8 Å². The van der Waals surface area contributed by atoms with Crippen molar-refractivity contribution in [1.29, 1.82) is 0 Å². The Balaban J connectivity index is 1.35. The molecular weight excluding hydrogens is 463 g/mol. The summed E-state index contributed by atoms with van der Waals surface area (Å²) in [5.41, 5.74) is 2.61. The van der Waals surface area contributed by atoms with Gasteiger partial charge in [0.05, 0.1) is 12.8 Å². The van der Waals surface area contributed by atoms with E-state index >= 15 is 0 Å².